The standard InChI is InChI=1S/C17H21ClN4O2.ClH/c1-10(20-16(23)14-4-2-3-12(14)9-19)15-21-17(24-22-15)11-5-7-13(18)8-6-11;/h5-8,10,12,14H,2-4,9,19H2,1H3,(H,20,23);1H/t10?,12-,14-;/m1./s1. The number of benzene rings is 1. The van der Waals surface area contributed by atoms with Crippen molar-refractivity contribution in [2.75, 3.05) is 6.54 Å². The van der Waals surface area contributed by atoms with Crippen LogP contribution in [0.2, 0.25) is 5.02 Å². The molecule has 136 valence electrons. The van der Waals surface area contributed by atoms with E-state index in [9.17, 15) is 4.79 Å². The fourth-order valence-electron chi connectivity index (χ4n) is 3.17. The van der Waals surface area contributed by atoms with Gasteiger partial charge in [-0.2, -0.15) is 4.98 Å². The third-order valence-corrected chi connectivity index (χ3v) is 4.83. The van der Waals surface area contributed by atoms with Gasteiger partial charge in [0, 0.05) is 16.5 Å². The predicted molar refractivity (Wildman–Crippen MR) is 98.4 cm³/mol. The number of hydrogen-bond donors (Lipinski definition) is 2. The van der Waals surface area contributed by atoms with Crippen LogP contribution in [0.1, 0.15) is 38.1 Å². The molecule has 1 heterocycles. The van der Waals surface area contributed by atoms with E-state index in [0.717, 1.165) is 24.8 Å². The van der Waals surface area contributed by atoms with E-state index < -0.39 is 0 Å². The van der Waals surface area contributed by atoms with Crippen molar-refractivity contribution in [3.63, 3.8) is 0 Å². The van der Waals surface area contributed by atoms with E-state index in [0.29, 0.717) is 23.3 Å². The molecule has 1 aromatic heterocycles. The van der Waals surface area contributed by atoms with Crippen molar-refractivity contribution in [3.05, 3.63) is 35.1 Å². The Labute approximate surface area is 157 Å². The van der Waals surface area contributed by atoms with Crippen molar-refractivity contribution in [2.45, 2.75) is 32.2 Å². The summed E-state index contributed by atoms with van der Waals surface area (Å²) in [6, 6.07) is 6.83. The minimum absolute atomic E-state index is 0. The number of nitrogens with zero attached hydrogens (tertiary/aromatic N) is 2. The first-order valence-electron chi connectivity index (χ1n) is 8.18. The SMILES string of the molecule is CC(NC(=O)[C@@H]1CCC[C@@H]1CN)c1noc(-c2ccc(Cl)cc2)n1.Cl. The maximum atomic E-state index is 12.4. The minimum atomic E-state index is -0.318. The molecule has 2 aromatic rings. The zero-order valence-electron chi connectivity index (χ0n) is 13.9. The van der Waals surface area contributed by atoms with Crippen LogP contribution in [0.5, 0.6) is 0 Å². The van der Waals surface area contributed by atoms with Crippen LogP contribution in [-0.4, -0.2) is 22.6 Å². The van der Waals surface area contributed by atoms with Crippen LogP contribution in [0, 0.1) is 11.8 Å². The summed E-state index contributed by atoms with van der Waals surface area (Å²) in [5, 5.41) is 7.59. The monoisotopic (exact) mass is 384 g/mol. The van der Waals surface area contributed by atoms with Crippen molar-refractivity contribution >= 4 is 29.9 Å². The second-order valence-corrected chi connectivity index (χ2v) is 6.66. The van der Waals surface area contributed by atoms with E-state index in [2.05, 4.69) is 15.5 Å². The normalized spacial score (nSPS) is 20.8. The van der Waals surface area contributed by atoms with Gasteiger partial charge in [-0.3, -0.25) is 4.79 Å². The summed E-state index contributed by atoms with van der Waals surface area (Å²) in [5.41, 5.74) is 6.54. The lowest BCUT2D eigenvalue weighted by Gasteiger charge is -2.19. The Hall–Kier alpha value is -1.63. The van der Waals surface area contributed by atoms with E-state index in [1.165, 1.54) is 0 Å². The molecule has 0 radical (unpaired) electrons. The van der Waals surface area contributed by atoms with Gasteiger partial charge in [-0.25, -0.2) is 0 Å². The number of nitrogens with one attached hydrogen (secondary N) is 1. The van der Waals surface area contributed by atoms with Gasteiger partial charge in [-0.05, 0) is 56.5 Å². The molecule has 3 atom stereocenters. The Kier molecular flexibility index (Phi) is 6.81. The number of hydrogen-bond acceptors (Lipinski definition) is 5. The van der Waals surface area contributed by atoms with Gasteiger partial charge in [-0.1, -0.05) is 23.2 Å². The second kappa shape index (κ2) is 8.65. The molecule has 1 fully saturated rings. The molecule has 0 saturated heterocycles. The first-order valence-corrected chi connectivity index (χ1v) is 8.56. The van der Waals surface area contributed by atoms with E-state index >= 15 is 0 Å². The van der Waals surface area contributed by atoms with E-state index in [-0.39, 0.29) is 36.2 Å². The third kappa shape index (κ3) is 4.51. The molecule has 3 rings (SSSR count). The Morgan fingerprint density at radius 2 is 2.12 bits per heavy atom. The maximum absolute atomic E-state index is 12.4. The highest BCUT2D eigenvalue weighted by atomic mass is 35.5. The Bertz CT molecular complexity index is 705. The average Bonchev–Trinajstić information content (AvgIpc) is 3.24. The van der Waals surface area contributed by atoms with Gasteiger partial charge in [0.25, 0.3) is 5.89 Å². The fraction of sp³-hybridized carbons (Fsp3) is 0.471. The molecule has 1 saturated carbocycles. The molecule has 0 bridgehead atoms. The summed E-state index contributed by atoms with van der Waals surface area (Å²) in [4.78, 5) is 16.8. The van der Waals surface area contributed by atoms with Gasteiger partial charge in [0.1, 0.15) is 0 Å². The molecule has 1 amide bonds. The lowest BCUT2D eigenvalue weighted by atomic mass is 9.95. The van der Waals surface area contributed by atoms with E-state index in [1.54, 1.807) is 12.1 Å². The lowest BCUT2D eigenvalue weighted by molar-refractivity contribution is -0.126. The van der Waals surface area contributed by atoms with Gasteiger partial charge < -0.3 is 15.6 Å². The van der Waals surface area contributed by atoms with Crippen molar-refractivity contribution in [3.8, 4) is 11.5 Å². The summed E-state index contributed by atoms with van der Waals surface area (Å²) in [6.45, 7) is 2.40. The molecule has 1 aromatic carbocycles. The molecule has 8 heteroatoms. The Morgan fingerprint density at radius 1 is 1.40 bits per heavy atom. The largest absolute Gasteiger partial charge is 0.346 e. The average molecular weight is 385 g/mol. The van der Waals surface area contributed by atoms with Crippen molar-refractivity contribution < 1.29 is 9.32 Å². The van der Waals surface area contributed by atoms with E-state index in [1.807, 2.05) is 19.1 Å². The Balaban J connectivity index is 0.00000225. The van der Waals surface area contributed by atoms with E-state index in [4.69, 9.17) is 21.9 Å². The number of carbonyl (C=O) groups excluding carboxylic acids is 1. The molecule has 0 spiro atoms. The molecular weight excluding hydrogens is 363 g/mol. The van der Waals surface area contributed by atoms with Crippen LogP contribution in [0.3, 0.4) is 0 Å². The van der Waals surface area contributed by atoms with Gasteiger partial charge in [-0.15, -0.1) is 12.4 Å². The summed E-state index contributed by atoms with van der Waals surface area (Å²) < 4.78 is 5.29. The number of nitrogens with two attached hydrogens (primary N) is 1. The topological polar surface area (TPSA) is 94.0 Å². The molecule has 1 aliphatic rings. The number of rotatable bonds is 5. The lowest BCUT2D eigenvalue weighted by Crippen LogP contribution is -2.36. The first-order chi connectivity index (χ1) is 11.6. The highest BCUT2D eigenvalue weighted by Gasteiger charge is 2.33. The molecule has 3 N–H and O–H groups in total. The van der Waals surface area contributed by atoms with Crippen LogP contribution in [0.4, 0.5) is 0 Å². The number of halogens is 2. The highest BCUT2D eigenvalue weighted by Crippen LogP contribution is 2.31. The van der Waals surface area contributed by atoms with Crippen molar-refractivity contribution in [2.24, 2.45) is 17.6 Å². The second-order valence-electron chi connectivity index (χ2n) is 6.23. The van der Waals surface area contributed by atoms with Crippen molar-refractivity contribution in [1.82, 2.24) is 15.5 Å². The summed E-state index contributed by atoms with van der Waals surface area (Å²) in [7, 11) is 0. The molecule has 1 unspecified atom stereocenters. The maximum Gasteiger partial charge on any atom is 0.257 e. The van der Waals surface area contributed by atoms with Crippen LogP contribution in [-0.2, 0) is 4.79 Å². The number of aromatic nitrogens is 2. The summed E-state index contributed by atoms with van der Waals surface area (Å²) in [6.07, 6.45) is 2.96. The first kappa shape index (κ1) is 19.7. The number of carbonyl (C=O) groups is 1. The predicted octanol–water partition coefficient (Wildman–Crippen LogP) is 3.36. The van der Waals surface area contributed by atoms with Crippen LogP contribution >= 0.6 is 24.0 Å². The van der Waals surface area contributed by atoms with Crippen LogP contribution in [0.15, 0.2) is 28.8 Å². The smallest absolute Gasteiger partial charge is 0.257 e. The zero-order chi connectivity index (χ0) is 17.1. The van der Waals surface area contributed by atoms with Gasteiger partial charge >= 0.3 is 0 Å². The molecule has 25 heavy (non-hydrogen) atoms. The quantitative estimate of drug-likeness (QED) is 0.823. The van der Waals surface area contributed by atoms with Gasteiger partial charge in [0.2, 0.25) is 5.91 Å². The van der Waals surface area contributed by atoms with Crippen LogP contribution in [0.25, 0.3) is 11.5 Å². The summed E-state index contributed by atoms with van der Waals surface area (Å²) >= 11 is 5.87. The summed E-state index contributed by atoms with van der Waals surface area (Å²) in [5.74, 6) is 1.14. The zero-order valence-corrected chi connectivity index (χ0v) is 15.5. The molecular formula is C17H22Cl2N4O2. The van der Waals surface area contributed by atoms with Crippen molar-refractivity contribution in [1.29, 1.82) is 0 Å². The minimum Gasteiger partial charge on any atom is -0.346 e. The third-order valence-electron chi connectivity index (χ3n) is 4.58. The highest BCUT2D eigenvalue weighted by molar-refractivity contribution is 6.30. The Morgan fingerprint density at radius 3 is 2.80 bits per heavy atom. The molecule has 1 aliphatic carbocycles. The molecule has 0 aliphatic heterocycles. The van der Waals surface area contributed by atoms with Gasteiger partial charge in [0.05, 0.1) is 6.04 Å². The fourth-order valence-corrected chi connectivity index (χ4v) is 3.30. The number of amides is 1. The van der Waals surface area contributed by atoms with Crippen LogP contribution < -0.4 is 11.1 Å². The molecule has 6 nitrogen and oxygen atoms in total. The van der Waals surface area contributed by atoms with Gasteiger partial charge in [0.15, 0.2) is 5.82 Å².